The van der Waals surface area contributed by atoms with E-state index in [-0.39, 0.29) is 0 Å². The van der Waals surface area contributed by atoms with E-state index in [0.29, 0.717) is 11.6 Å². The second-order valence-electron chi connectivity index (χ2n) is 12.1. The molecule has 0 saturated carbocycles. The summed E-state index contributed by atoms with van der Waals surface area (Å²) in [6, 6.07) is 50.3. The summed E-state index contributed by atoms with van der Waals surface area (Å²) in [6.07, 6.45) is 9.83. The lowest BCUT2D eigenvalue weighted by atomic mass is 10.00. The van der Waals surface area contributed by atoms with Gasteiger partial charge in [0, 0.05) is 38.3 Å². The minimum absolute atomic E-state index is 0.301. The molecular weight excluding hydrogens is 558 g/mol. The average molecular weight is 588 g/mol. The van der Waals surface area contributed by atoms with E-state index in [1.807, 2.05) is 18.2 Å². The highest BCUT2D eigenvalue weighted by Gasteiger charge is 2.19. The molecule has 1 aliphatic rings. The van der Waals surface area contributed by atoms with Crippen molar-refractivity contribution in [1.29, 1.82) is 5.26 Å². The molecule has 1 atom stereocenters. The Hall–Kier alpha value is -6.11. The van der Waals surface area contributed by atoms with Crippen LogP contribution in [0.4, 0.5) is 0 Å². The number of hydrogen-bond acceptors (Lipinski definition) is 1. The van der Waals surface area contributed by atoms with Crippen LogP contribution in [0.1, 0.15) is 18.0 Å². The Morgan fingerprint density at radius 1 is 0.522 bits per heavy atom. The fraction of sp³-hybridized carbons (Fsp3) is 0.0465. The van der Waals surface area contributed by atoms with E-state index in [1.54, 1.807) is 0 Å². The Kier molecular flexibility index (Phi) is 6.01. The fourth-order valence-electron chi connectivity index (χ4n) is 7.30. The van der Waals surface area contributed by atoms with Crippen molar-refractivity contribution in [3.05, 3.63) is 163 Å². The number of nitrogens with zero attached hydrogens (tertiary/aromatic N) is 3. The van der Waals surface area contributed by atoms with E-state index in [0.717, 1.165) is 39.5 Å². The maximum absolute atomic E-state index is 9.80. The molecule has 0 amide bonds. The summed E-state index contributed by atoms with van der Waals surface area (Å²) in [5.41, 5.74) is 11.2. The van der Waals surface area contributed by atoms with Crippen LogP contribution in [0.25, 0.3) is 71.6 Å². The van der Waals surface area contributed by atoms with Crippen LogP contribution in [0.5, 0.6) is 0 Å². The molecule has 1 unspecified atom stereocenters. The number of benzene rings is 6. The second kappa shape index (κ2) is 10.5. The number of rotatable bonds is 4. The van der Waals surface area contributed by atoms with Gasteiger partial charge in [-0.1, -0.05) is 97.1 Å². The Bertz CT molecular complexity index is 2570. The van der Waals surface area contributed by atoms with E-state index in [1.165, 1.54) is 38.5 Å². The summed E-state index contributed by atoms with van der Waals surface area (Å²) >= 11 is 0. The van der Waals surface area contributed by atoms with Gasteiger partial charge in [-0.3, -0.25) is 0 Å². The van der Waals surface area contributed by atoms with Gasteiger partial charge in [-0.05, 0) is 89.3 Å². The van der Waals surface area contributed by atoms with E-state index < -0.39 is 0 Å². The molecule has 8 aromatic rings. The van der Waals surface area contributed by atoms with E-state index in [2.05, 4.69) is 155 Å². The summed E-state index contributed by atoms with van der Waals surface area (Å²) in [4.78, 5) is 0. The largest absolute Gasteiger partial charge is 0.333 e. The highest BCUT2D eigenvalue weighted by molar-refractivity contribution is 6.12. The molecule has 6 aromatic carbocycles. The Morgan fingerprint density at radius 3 is 1.96 bits per heavy atom. The molecule has 0 saturated heterocycles. The number of fused-ring (bicyclic) bond motifs is 6. The summed E-state index contributed by atoms with van der Waals surface area (Å²) in [6.45, 7) is 0. The van der Waals surface area contributed by atoms with Crippen molar-refractivity contribution in [2.24, 2.45) is 0 Å². The maximum Gasteiger partial charge on any atom is 0.0991 e. The molecule has 1 aliphatic carbocycles. The monoisotopic (exact) mass is 587 g/mol. The van der Waals surface area contributed by atoms with Gasteiger partial charge >= 0.3 is 0 Å². The smallest absolute Gasteiger partial charge is 0.0991 e. The van der Waals surface area contributed by atoms with Gasteiger partial charge in [0.05, 0.1) is 28.7 Å². The number of para-hydroxylation sites is 1. The van der Waals surface area contributed by atoms with Gasteiger partial charge in [0.1, 0.15) is 0 Å². The highest BCUT2D eigenvalue weighted by atomic mass is 15.0. The third kappa shape index (κ3) is 4.12. The first-order valence-corrected chi connectivity index (χ1v) is 15.8. The van der Waals surface area contributed by atoms with Crippen LogP contribution in [0, 0.1) is 11.3 Å². The van der Waals surface area contributed by atoms with Gasteiger partial charge in [-0.15, -0.1) is 0 Å². The lowest BCUT2D eigenvalue weighted by molar-refractivity contribution is 0.648. The van der Waals surface area contributed by atoms with Gasteiger partial charge in [0.15, 0.2) is 0 Å². The first-order valence-electron chi connectivity index (χ1n) is 15.8. The topological polar surface area (TPSA) is 33.6 Å². The zero-order valence-electron chi connectivity index (χ0n) is 25.1. The van der Waals surface area contributed by atoms with Crippen molar-refractivity contribution >= 4 is 43.6 Å². The third-order valence-corrected chi connectivity index (χ3v) is 9.44. The number of aromatic nitrogens is 2. The van der Waals surface area contributed by atoms with Gasteiger partial charge in [0.25, 0.3) is 0 Å². The molecule has 0 radical (unpaired) electrons. The van der Waals surface area contributed by atoms with Crippen molar-refractivity contribution in [2.45, 2.75) is 12.5 Å². The minimum Gasteiger partial charge on any atom is -0.333 e. The Labute approximate surface area is 267 Å². The van der Waals surface area contributed by atoms with Crippen LogP contribution in [0.2, 0.25) is 0 Å². The minimum atomic E-state index is 0.301. The van der Waals surface area contributed by atoms with Crippen LogP contribution in [0.15, 0.2) is 158 Å². The molecule has 0 bridgehead atoms. The van der Waals surface area contributed by atoms with E-state index in [4.69, 9.17) is 0 Å². The standard InChI is InChI=1S/C43H29N3/c44-28-29-18-21-41-37(24-29)39-27-33(20-23-43(39)46(41)35-15-9-12-31(25-35)30-10-3-1-4-11-30)32-19-22-42-38(26-32)36-16-7-8-17-40(36)45(42)34-13-5-2-6-14-34/h1-13,15-27,34H,14H2. The van der Waals surface area contributed by atoms with Crippen molar-refractivity contribution in [1.82, 2.24) is 9.13 Å². The molecule has 9 rings (SSSR count). The van der Waals surface area contributed by atoms with Crippen LogP contribution in [0.3, 0.4) is 0 Å². The first-order chi connectivity index (χ1) is 22.8. The van der Waals surface area contributed by atoms with Crippen molar-refractivity contribution in [3.8, 4) is 34.0 Å². The quantitative estimate of drug-likeness (QED) is 0.202. The average Bonchev–Trinajstić information content (AvgIpc) is 3.64. The van der Waals surface area contributed by atoms with Crippen LogP contribution < -0.4 is 0 Å². The fourth-order valence-corrected chi connectivity index (χ4v) is 7.30. The van der Waals surface area contributed by atoms with Gasteiger partial charge in [0.2, 0.25) is 0 Å². The SMILES string of the molecule is N#Cc1ccc2c(c1)c1cc(-c3ccc4c(c3)c3ccccc3n4C3C=CC=CC3)ccc1n2-c1cccc(-c2ccccc2)c1. The van der Waals surface area contributed by atoms with Crippen molar-refractivity contribution in [3.63, 3.8) is 0 Å². The Balaban J connectivity index is 1.24. The molecule has 2 aromatic heterocycles. The van der Waals surface area contributed by atoms with Crippen molar-refractivity contribution in [2.75, 3.05) is 0 Å². The molecule has 216 valence electrons. The molecule has 3 nitrogen and oxygen atoms in total. The first kappa shape index (κ1) is 26.3. The molecule has 46 heavy (non-hydrogen) atoms. The number of nitriles is 1. The number of hydrogen-bond donors (Lipinski definition) is 0. The summed E-state index contributed by atoms with van der Waals surface area (Å²) in [5, 5.41) is 14.6. The molecular formula is C43H29N3. The molecule has 0 spiro atoms. The second-order valence-corrected chi connectivity index (χ2v) is 12.1. The van der Waals surface area contributed by atoms with Crippen LogP contribution in [-0.2, 0) is 0 Å². The Morgan fingerprint density at radius 2 is 1.17 bits per heavy atom. The summed E-state index contributed by atoms with van der Waals surface area (Å²) in [5.74, 6) is 0. The zero-order chi connectivity index (χ0) is 30.6. The zero-order valence-corrected chi connectivity index (χ0v) is 25.1. The third-order valence-electron chi connectivity index (χ3n) is 9.44. The predicted molar refractivity (Wildman–Crippen MR) is 191 cm³/mol. The highest BCUT2D eigenvalue weighted by Crippen LogP contribution is 2.39. The van der Waals surface area contributed by atoms with Crippen LogP contribution in [-0.4, -0.2) is 9.13 Å². The maximum atomic E-state index is 9.80. The van der Waals surface area contributed by atoms with Gasteiger partial charge < -0.3 is 9.13 Å². The van der Waals surface area contributed by atoms with E-state index >= 15 is 0 Å². The molecule has 0 N–H and O–H groups in total. The number of allylic oxidation sites excluding steroid dienone is 4. The van der Waals surface area contributed by atoms with E-state index in [9.17, 15) is 5.26 Å². The normalized spacial score (nSPS) is 14.5. The molecule has 0 aliphatic heterocycles. The van der Waals surface area contributed by atoms with Crippen molar-refractivity contribution < 1.29 is 0 Å². The molecule has 2 heterocycles. The molecule has 3 heteroatoms. The predicted octanol–water partition coefficient (Wildman–Crippen LogP) is 11.2. The lowest BCUT2D eigenvalue weighted by Gasteiger charge is -2.18. The molecule has 0 fully saturated rings. The van der Waals surface area contributed by atoms with Gasteiger partial charge in [-0.25, -0.2) is 0 Å². The summed E-state index contributed by atoms with van der Waals surface area (Å²) in [7, 11) is 0. The summed E-state index contributed by atoms with van der Waals surface area (Å²) < 4.78 is 4.81. The van der Waals surface area contributed by atoms with Crippen LogP contribution >= 0.6 is 0 Å². The van der Waals surface area contributed by atoms with Gasteiger partial charge in [-0.2, -0.15) is 5.26 Å². The lowest BCUT2D eigenvalue weighted by Crippen LogP contribution is -2.06.